The zero-order valence-electron chi connectivity index (χ0n) is 14.7. The number of amides is 1. The molecule has 1 N–H and O–H groups in total. The molecular weight excluding hydrogens is 322 g/mol. The predicted molar refractivity (Wildman–Crippen MR) is 91.5 cm³/mol. The SMILES string of the molecule is C[C@H](OC(=O)[C@@H]1COc2ccccc2O1)C(=O)N[C@@H]1CCCC[C@H]1C. The van der Waals surface area contributed by atoms with Crippen LogP contribution in [0, 0.1) is 5.92 Å². The minimum Gasteiger partial charge on any atom is -0.485 e. The molecule has 0 spiro atoms. The maximum atomic E-state index is 12.3. The van der Waals surface area contributed by atoms with E-state index < -0.39 is 18.2 Å². The van der Waals surface area contributed by atoms with E-state index in [1.54, 1.807) is 25.1 Å². The van der Waals surface area contributed by atoms with Gasteiger partial charge in [-0.15, -0.1) is 0 Å². The molecular formula is C19H25NO5. The summed E-state index contributed by atoms with van der Waals surface area (Å²) in [7, 11) is 0. The first kappa shape index (κ1) is 17.6. The summed E-state index contributed by atoms with van der Waals surface area (Å²) >= 11 is 0. The van der Waals surface area contributed by atoms with Gasteiger partial charge in [-0.1, -0.05) is 31.9 Å². The summed E-state index contributed by atoms with van der Waals surface area (Å²) in [5.41, 5.74) is 0. The fraction of sp³-hybridized carbons (Fsp3) is 0.579. The molecule has 6 heteroatoms. The molecule has 0 bridgehead atoms. The van der Waals surface area contributed by atoms with Crippen molar-refractivity contribution in [3.05, 3.63) is 24.3 Å². The molecule has 1 saturated carbocycles. The van der Waals surface area contributed by atoms with Gasteiger partial charge in [-0.25, -0.2) is 4.79 Å². The molecule has 0 unspecified atom stereocenters. The molecule has 0 radical (unpaired) electrons. The second-order valence-corrected chi connectivity index (χ2v) is 6.82. The molecule has 1 fully saturated rings. The summed E-state index contributed by atoms with van der Waals surface area (Å²) in [6.45, 7) is 3.80. The molecule has 1 aliphatic heterocycles. The Hall–Kier alpha value is -2.24. The number of benzene rings is 1. The van der Waals surface area contributed by atoms with Gasteiger partial charge in [0, 0.05) is 6.04 Å². The van der Waals surface area contributed by atoms with E-state index >= 15 is 0 Å². The van der Waals surface area contributed by atoms with E-state index in [0.29, 0.717) is 17.4 Å². The van der Waals surface area contributed by atoms with Crippen molar-refractivity contribution in [3.63, 3.8) is 0 Å². The van der Waals surface area contributed by atoms with Crippen molar-refractivity contribution in [2.45, 2.75) is 57.8 Å². The van der Waals surface area contributed by atoms with Gasteiger partial charge in [-0.3, -0.25) is 4.79 Å². The zero-order valence-corrected chi connectivity index (χ0v) is 14.7. The summed E-state index contributed by atoms with van der Waals surface area (Å²) in [6, 6.07) is 7.30. The number of hydrogen-bond acceptors (Lipinski definition) is 5. The van der Waals surface area contributed by atoms with E-state index in [1.165, 1.54) is 6.42 Å². The van der Waals surface area contributed by atoms with E-state index in [0.717, 1.165) is 19.3 Å². The van der Waals surface area contributed by atoms with Crippen molar-refractivity contribution in [2.24, 2.45) is 5.92 Å². The van der Waals surface area contributed by atoms with Crippen molar-refractivity contribution >= 4 is 11.9 Å². The lowest BCUT2D eigenvalue weighted by Crippen LogP contribution is -2.47. The Balaban J connectivity index is 1.51. The van der Waals surface area contributed by atoms with Crippen LogP contribution < -0.4 is 14.8 Å². The number of carbonyl (C=O) groups excluding carboxylic acids is 2. The number of nitrogens with one attached hydrogen (secondary N) is 1. The molecule has 3 rings (SSSR count). The predicted octanol–water partition coefficient (Wildman–Crippen LogP) is 2.45. The molecule has 25 heavy (non-hydrogen) atoms. The second kappa shape index (κ2) is 7.76. The highest BCUT2D eigenvalue weighted by Gasteiger charge is 2.32. The number of ether oxygens (including phenoxy) is 3. The van der Waals surface area contributed by atoms with Crippen molar-refractivity contribution in [3.8, 4) is 11.5 Å². The maximum Gasteiger partial charge on any atom is 0.351 e. The topological polar surface area (TPSA) is 73.9 Å². The Morgan fingerprint density at radius 1 is 1.20 bits per heavy atom. The Bertz CT molecular complexity index is 632. The van der Waals surface area contributed by atoms with Crippen LogP contribution in [-0.4, -0.2) is 36.7 Å². The van der Waals surface area contributed by atoms with Crippen LogP contribution in [0.2, 0.25) is 0 Å². The molecule has 6 nitrogen and oxygen atoms in total. The Morgan fingerprint density at radius 2 is 1.92 bits per heavy atom. The third-order valence-electron chi connectivity index (χ3n) is 4.87. The van der Waals surface area contributed by atoms with Gasteiger partial charge in [0.05, 0.1) is 0 Å². The van der Waals surface area contributed by atoms with Gasteiger partial charge in [0.1, 0.15) is 6.61 Å². The summed E-state index contributed by atoms with van der Waals surface area (Å²) in [5.74, 6) is 0.706. The Kier molecular flexibility index (Phi) is 5.46. The maximum absolute atomic E-state index is 12.3. The van der Waals surface area contributed by atoms with E-state index in [9.17, 15) is 9.59 Å². The molecule has 1 aromatic carbocycles. The van der Waals surface area contributed by atoms with E-state index in [2.05, 4.69) is 12.2 Å². The lowest BCUT2D eigenvalue weighted by molar-refractivity contribution is -0.164. The van der Waals surface area contributed by atoms with E-state index in [-0.39, 0.29) is 18.6 Å². The standard InChI is InChI=1S/C19H25NO5/c1-12-7-3-4-8-14(12)20-18(21)13(2)24-19(22)17-11-23-15-9-5-6-10-16(15)25-17/h5-6,9-10,12-14,17H,3-4,7-8,11H2,1-2H3,(H,20,21)/t12-,13+,14-,17+/m1/s1. The van der Waals surface area contributed by atoms with Crippen LogP contribution in [0.5, 0.6) is 11.5 Å². The van der Waals surface area contributed by atoms with Gasteiger partial charge >= 0.3 is 5.97 Å². The number of fused-ring (bicyclic) bond motifs is 1. The van der Waals surface area contributed by atoms with Crippen LogP contribution in [0.4, 0.5) is 0 Å². The number of rotatable bonds is 4. The average molecular weight is 347 g/mol. The monoisotopic (exact) mass is 347 g/mol. The molecule has 1 heterocycles. The molecule has 4 atom stereocenters. The summed E-state index contributed by atoms with van der Waals surface area (Å²) < 4.78 is 16.4. The highest BCUT2D eigenvalue weighted by molar-refractivity contribution is 5.85. The third-order valence-corrected chi connectivity index (χ3v) is 4.87. The Morgan fingerprint density at radius 3 is 2.68 bits per heavy atom. The highest BCUT2D eigenvalue weighted by atomic mass is 16.6. The molecule has 0 saturated heterocycles. The van der Waals surface area contributed by atoms with Crippen LogP contribution in [0.3, 0.4) is 0 Å². The number of hydrogen-bond donors (Lipinski definition) is 1. The van der Waals surface area contributed by atoms with Crippen molar-refractivity contribution in [2.75, 3.05) is 6.61 Å². The third kappa shape index (κ3) is 4.24. The molecule has 136 valence electrons. The minimum absolute atomic E-state index is 0.0733. The fourth-order valence-corrected chi connectivity index (χ4v) is 3.27. The molecule has 0 aromatic heterocycles. The van der Waals surface area contributed by atoms with Gasteiger partial charge in [-0.05, 0) is 37.8 Å². The molecule has 1 aliphatic carbocycles. The summed E-state index contributed by atoms with van der Waals surface area (Å²) in [6.07, 6.45) is 2.70. The van der Waals surface area contributed by atoms with Crippen molar-refractivity contribution < 1.29 is 23.8 Å². The van der Waals surface area contributed by atoms with E-state index in [1.807, 2.05) is 6.07 Å². The normalized spacial score (nSPS) is 26.4. The number of carbonyl (C=O) groups is 2. The molecule has 2 aliphatic rings. The van der Waals surface area contributed by atoms with Gasteiger partial charge in [0.2, 0.25) is 6.10 Å². The van der Waals surface area contributed by atoms with Crippen molar-refractivity contribution in [1.82, 2.24) is 5.32 Å². The van der Waals surface area contributed by atoms with Gasteiger partial charge in [0.25, 0.3) is 5.91 Å². The summed E-state index contributed by atoms with van der Waals surface area (Å²) in [4.78, 5) is 24.6. The first-order chi connectivity index (χ1) is 12.0. The summed E-state index contributed by atoms with van der Waals surface area (Å²) in [5, 5.41) is 3.00. The minimum atomic E-state index is -0.862. The lowest BCUT2D eigenvalue weighted by Gasteiger charge is -2.30. The molecule has 1 amide bonds. The van der Waals surface area contributed by atoms with Crippen LogP contribution in [0.25, 0.3) is 0 Å². The van der Waals surface area contributed by atoms with Crippen LogP contribution in [0.15, 0.2) is 24.3 Å². The lowest BCUT2D eigenvalue weighted by atomic mass is 9.86. The fourth-order valence-electron chi connectivity index (χ4n) is 3.27. The highest BCUT2D eigenvalue weighted by Crippen LogP contribution is 2.31. The van der Waals surface area contributed by atoms with Crippen LogP contribution >= 0.6 is 0 Å². The average Bonchev–Trinajstić information content (AvgIpc) is 2.63. The number of esters is 1. The molecule has 1 aromatic rings. The first-order valence-electron chi connectivity index (χ1n) is 8.94. The second-order valence-electron chi connectivity index (χ2n) is 6.82. The van der Waals surface area contributed by atoms with Gasteiger partial charge in [0.15, 0.2) is 17.6 Å². The Labute approximate surface area is 147 Å². The quantitative estimate of drug-likeness (QED) is 0.847. The zero-order chi connectivity index (χ0) is 17.8. The van der Waals surface area contributed by atoms with Gasteiger partial charge < -0.3 is 19.5 Å². The first-order valence-corrected chi connectivity index (χ1v) is 8.94. The van der Waals surface area contributed by atoms with Crippen LogP contribution in [-0.2, 0) is 14.3 Å². The van der Waals surface area contributed by atoms with Crippen molar-refractivity contribution in [1.29, 1.82) is 0 Å². The van der Waals surface area contributed by atoms with Crippen LogP contribution in [0.1, 0.15) is 39.5 Å². The van der Waals surface area contributed by atoms with E-state index in [4.69, 9.17) is 14.2 Å². The van der Waals surface area contributed by atoms with Gasteiger partial charge in [-0.2, -0.15) is 0 Å². The largest absolute Gasteiger partial charge is 0.485 e. The smallest absolute Gasteiger partial charge is 0.351 e. The number of para-hydroxylation sites is 2.